The SMILES string of the molecule is O=[N+]([O-])c1ccc(F)cc1S(=O)(=O)Nc1ccc(C(F)(F)F)cc1. The first-order valence-electron chi connectivity index (χ1n) is 6.15. The molecule has 0 saturated carbocycles. The molecule has 0 aromatic heterocycles. The summed E-state index contributed by atoms with van der Waals surface area (Å²) in [5, 5.41) is 10.9. The molecule has 0 heterocycles. The highest BCUT2D eigenvalue weighted by Crippen LogP contribution is 2.31. The Hall–Kier alpha value is -2.69. The normalized spacial score (nSPS) is 12.0. The lowest BCUT2D eigenvalue weighted by Gasteiger charge is -2.10. The van der Waals surface area contributed by atoms with Crippen LogP contribution in [0.2, 0.25) is 0 Å². The Kier molecular flexibility index (Phi) is 4.47. The van der Waals surface area contributed by atoms with Gasteiger partial charge in [-0.05, 0) is 30.3 Å². The van der Waals surface area contributed by atoms with Crippen molar-refractivity contribution in [1.82, 2.24) is 0 Å². The molecule has 0 unspecified atom stereocenters. The summed E-state index contributed by atoms with van der Waals surface area (Å²) in [6, 6.07) is 4.79. The lowest BCUT2D eigenvalue weighted by molar-refractivity contribution is -0.387. The van der Waals surface area contributed by atoms with Crippen LogP contribution < -0.4 is 4.72 Å². The summed E-state index contributed by atoms with van der Waals surface area (Å²) in [4.78, 5) is 8.90. The highest BCUT2D eigenvalue weighted by Gasteiger charge is 2.30. The van der Waals surface area contributed by atoms with Gasteiger partial charge in [0, 0.05) is 17.8 Å². The smallest absolute Gasteiger partial charge is 0.279 e. The zero-order chi connectivity index (χ0) is 18.1. The molecule has 24 heavy (non-hydrogen) atoms. The number of alkyl halides is 3. The predicted octanol–water partition coefficient (Wildman–Crippen LogP) is 3.55. The van der Waals surface area contributed by atoms with Crippen LogP contribution in [0, 0.1) is 15.9 Å². The zero-order valence-corrected chi connectivity index (χ0v) is 12.4. The van der Waals surface area contributed by atoms with E-state index in [9.17, 15) is 36.1 Å². The number of halogens is 4. The average Bonchev–Trinajstić information content (AvgIpc) is 2.46. The molecule has 2 aromatic carbocycles. The van der Waals surface area contributed by atoms with Crippen molar-refractivity contribution in [3.63, 3.8) is 0 Å². The monoisotopic (exact) mass is 364 g/mol. The maximum absolute atomic E-state index is 13.2. The summed E-state index contributed by atoms with van der Waals surface area (Å²) in [5.74, 6) is -1.02. The number of nitro benzene ring substituents is 1. The predicted molar refractivity (Wildman–Crippen MR) is 75.3 cm³/mol. The van der Waals surface area contributed by atoms with Crippen molar-refractivity contribution in [2.75, 3.05) is 4.72 Å². The molecule has 0 radical (unpaired) electrons. The van der Waals surface area contributed by atoms with E-state index in [1.54, 1.807) is 0 Å². The number of nitrogens with zero attached hydrogens (tertiary/aromatic N) is 1. The number of benzene rings is 2. The number of hydrogen-bond donors (Lipinski definition) is 1. The average molecular weight is 364 g/mol. The molecule has 1 N–H and O–H groups in total. The van der Waals surface area contributed by atoms with E-state index in [0.29, 0.717) is 24.3 Å². The maximum Gasteiger partial charge on any atom is 0.416 e. The zero-order valence-electron chi connectivity index (χ0n) is 11.5. The first-order chi connectivity index (χ1) is 11.0. The van der Waals surface area contributed by atoms with Gasteiger partial charge in [-0.2, -0.15) is 13.2 Å². The van der Waals surface area contributed by atoms with Gasteiger partial charge in [0.15, 0.2) is 4.90 Å². The molecule has 0 atom stereocenters. The maximum atomic E-state index is 13.2. The van der Waals surface area contributed by atoms with Gasteiger partial charge in [0.2, 0.25) is 0 Å². The summed E-state index contributed by atoms with van der Waals surface area (Å²) >= 11 is 0. The number of rotatable bonds is 4. The molecular formula is C13H8F4N2O4S. The molecule has 2 aromatic rings. The van der Waals surface area contributed by atoms with Gasteiger partial charge in [0.05, 0.1) is 10.5 Å². The van der Waals surface area contributed by atoms with Crippen LogP contribution in [-0.4, -0.2) is 13.3 Å². The van der Waals surface area contributed by atoms with E-state index < -0.39 is 43.1 Å². The molecular weight excluding hydrogens is 356 g/mol. The van der Waals surface area contributed by atoms with E-state index in [0.717, 1.165) is 18.2 Å². The fraction of sp³-hybridized carbons (Fsp3) is 0.0769. The molecule has 0 aliphatic heterocycles. The Labute approximate surface area is 132 Å². The van der Waals surface area contributed by atoms with Crippen molar-refractivity contribution in [2.24, 2.45) is 0 Å². The molecule has 2 rings (SSSR count). The van der Waals surface area contributed by atoms with Crippen molar-refractivity contribution in [3.05, 3.63) is 64.0 Å². The van der Waals surface area contributed by atoms with Gasteiger partial charge >= 0.3 is 6.18 Å². The minimum Gasteiger partial charge on any atom is -0.279 e. The van der Waals surface area contributed by atoms with Crippen LogP contribution in [0.25, 0.3) is 0 Å². The topological polar surface area (TPSA) is 89.3 Å². The van der Waals surface area contributed by atoms with E-state index in [1.165, 1.54) is 0 Å². The van der Waals surface area contributed by atoms with Crippen molar-refractivity contribution in [3.8, 4) is 0 Å². The second kappa shape index (κ2) is 6.07. The molecule has 11 heteroatoms. The molecule has 0 spiro atoms. The van der Waals surface area contributed by atoms with E-state index in [4.69, 9.17) is 0 Å². The Morgan fingerprint density at radius 3 is 2.12 bits per heavy atom. The van der Waals surface area contributed by atoms with Crippen molar-refractivity contribution in [2.45, 2.75) is 11.1 Å². The van der Waals surface area contributed by atoms with Crippen molar-refractivity contribution < 1.29 is 30.9 Å². The van der Waals surface area contributed by atoms with Gasteiger partial charge in [-0.3, -0.25) is 14.8 Å². The van der Waals surface area contributed by atoms with Gasteiger partial charge in [0.1, 0.15) is 5.82 Å². The second-order valence-electron chi connectivity index (χ2n) is 4.55. The highest BCUT2D eigenvalue weighted by atomic mass is 32.2. The van der Waals surface area contributed by atoms with Crippen LogP contribution in [0.5, 0.6) is 0 Å². The number of sulfonamides is 1. The van der Waals surface area contributed by atoms with Crippen LogP contribution in [0.1, 0.15) is 5.56 Å². The fourth-order valence-electron chi connectivity index (χ4n) is 1.79. The summed E-state index contributed by atoms with van der Waals surface area (Å²) in [6.07, 6.45) is -4.60. The molecule has 0 bridgehead atoms. The number of nitrogens with one attached hydrogen (secondary N) is 1. The Bertz CT molecular complexity index is 880. The standard InChI is InChI=1S/C13H8F4N2O4S/c14-9-3-6-11(19(20)21)12(7-9)24(22,23)18-10-4-1-8(2-5-10)13(15,16)17/h1-7,18H. The number of anilines is 1. The third-order valence-corrected chi connectivity index (χ3v) is 4.28. The Morgan fingerprint density at radius 2 is 1.62 bits per heavy atom. The second-order valence-corrected chi connectivity index (χ2v) is 6.20. The lowest BCUT2D eigenvalue weighted by atomic mass is 10.2. The first kappa shape index (κ1) is 17.7. The molecule has 6 nitrogen and oxygen atoms in total. The van der Waals surface area contributed by atoms with Crippen molar-refractivity contribution >= 4 is 21.4 Å². The minimum absolute atomic E-state index is 0.262. The van der Waals surface area contributed by atoms with E-state index in [1.807, 2.05) is 4.72 Å². The van der Waals surface area contributed by atoms with E-state index >= 15 is 0 Å². The van der Waals surface area contributed by atoms with Gasteiger partial charge in [-0.25, -0.2) is 12.8 Å². The number of nitro groups is 1. The largest absolute Gasteiger partial charge is 0.416 e. The van der Waals surface area contributed by atoms with Crippen LogP contribution in [-0.2, 0) is 16.2 Å². The van der Waals surface area contributed by atoms with Crippen LogP contribution >= 0.6 is 0 Å². The molecule has 0 aliphatic carbocycles. The minimum atomic E-state index is -4.60. The number of hydrogen-bond acceptors (Lipinski definition) is 4. The van der Waals surface area contributed by atoms with Crippen LogP contribution in [0.3, 0.4) is 0 Å². The Balaban J connectivity index is 2.39. The molecule has 0 saturated heterocycles. The molecule has 0 amide bonds. The lowest BCUT2D eigenvalue weighted by Crippen LogP contribution is -2.15. The first-order valence-corrected chi connectivity index (χ1v) is 7.63. The summed E-state index contributed by atoms with van der Waals surface area (Å²) in [7, 11) is -4.57. The molecule has 128 valence electrons. The van der Waals surface area contributed by atoms with Crippen LogP contribution in [0.4, 0.5) is 28.9 Å². The van der Waals surface area contributed by atoms with E-state index in [2.05, 4.69) is 0 Å². The highest BCUT2D eigenvalue weighted by molar-refractivity contribution is 7.92. The molecule has 0 fully saturated rings. The van der Waals surface area contributed by atoms with Crippen molar-refractivity contribution in [1.29, 1.82) is 0 Å². The van der Waals surface area contributed by atoms with Gasteiger partial charge in [-0.15, -0.1) is 0 Å². The van der Waals surface area contributed by atoms with Gasteiger partial charge in [0.25, 0.3) is 15.7 Å². The fourth-order valence-corrected chi connectivity index (χ4v) is 3.03. The quantitative estimate of drug-likeness (QED) is 0.510. The third kappa shape index (κ3) is 3.79. The van der Waals surface area contributed by atoms with Gasteiger partial charge < -0.3 is 0 Å². The van der Waals surface area contributed by atoms with E-state index in [-0.39, 0.29) is 5.69 Å². The summed E-state index contributed by atoms with van der Waals surface area (Å²) < 4.78 is 76.8. The molecule has 0 aliphatic rings. The van der Waals surface area contributed by atoms with Gasteiger partial charge in [-0.1, -0.05) is 0 Å². The third-order valence-electron chi connectivity index (χ3n) is 2.87. The van der Waals surface area contributed by atoms with Crippen LogP contribution in [0.15, 0.2) is 47.4 Å². The Morgan fingerprint density at radius 1 is 1.04 bits per heavy atom. The summed E-state index contributed by atoms with van der Waals surface area (Å²) in [5.41, 5.74) is -2.13. The summed E-state index contributed by atoms with van der Waals surface area (Å²) in [6.45, 7) is 0.